The first-order valence-corrected chi connectivity index (χ1v) is 6.73. The molecule has 0 saturated heterocycles. The number of aromatic nitrogens is 2. The number of pyridine rings is 2. The summed E-state index contributed by atoms with van der Waals surface area (Å²) in [5.74, 6) is 0. The van der Waals surface area contributed by atoms with Gasteiger partial charge in [-0.3, -0.25) is 9.97 Å². The lowest BCUT2D eigenvalue weighted by molar-refractivity contribution is 1.18. The van der Waals surface area contributed by atoms with E-state index >= 15 is 0 Å². The van der Waals surface area contributed by atoms with Gasteiger partial charge in [0.1, 0.15) is 0 Å². The van der Waals surface area contributed by atoms with E-state index in [-0.39, 0.29) is 0 Å². The Hall–Kier alpha value is -2.48. The van der Waals surface area contributed by atoms with Gasteiger partial charge < -0.3 is 0 Å². The van der Waals surface area contributed by atoms with Crippen LogP contribution >= 0.6 is 0 Å². The van der Waals surface area contributed by atoms with Crippen LogP contribution in [0.3, 0.4) is 0 Å². The maximum absolute atomic E-state index is 4.38. The van der Waals surface area contributed by atoms with Crippen molar-refractivity contribution in [1.29, 1.82) is 0 Å². The molecule has 0 amide bonds. The molecule has 0 radical (unpaired) electrons. The van der Waals surface area contributed by atoms with Crippen molar-refractivity contribution in [3.8, 4) is 0 Å². The molecule has 0 bridgehead atoms. The largest absolute Gasteiger partial charge is 0.261 e. The molecule has 0 spiro atoms. The number of allylic oxidation sites excluding steroid dienone is 1. The molecule has 2 heteroatoms. The highest BCUT2D eigenvalue weighted by molar-refractivity contribution is 5.87. The van der Waals surface area contributed by atoms with Gasteiger partial charge in [0, 0.05) is 29.0 Å². The van der Waals surface area contributed by atoms with Gasteiger partial charge >= 0.3 is 0 Å². The van der Waals surface area contributed by atoms with E-state index in [0.29, 0.717) is 0 Å². The highest BCUT2D eigenvalue weighted by Crippen LogP contribution is 2.27. The summed E-state index contributed by atoms with van der Waals surface area (Å²) in [5.41, 5.74) is 5.66. The van der Waals surface area contributed by atoms with Crippen molar-refractivity contribution in [3.63, 3.8) is 0 Å². The molecule has 0 unspecified atom stereocenters. The Morgan fingerprint density at radius 2 is 1.80 bits per heavy atom. The number of benzene rings is 1. The van der Waals surface area contributed by atoms with Crippen LogP contribution < -0.4 is 0 Å². The molecule has 3 aromatic rings. The van der Waals surface area contributed by atoms with E-state index in [1.807, 2.05) is 31.5 Å². The summed E-state index contributed by atoms with van der Waals surface area (Å²) in [6.07, 6.45) is 5.79. The first kappa shape index (κ1) is 12.5. The minimum Gasteiger partial charge on any atom is -0.261 e. The van der Waals surface area contributed by atoms with E-state index < -0.39 is 0 Å². The lowest BCUT2D eigenvalue weighted by atomic mass is 9.95. The second kappa shape index (κ2) is 5.25. The minimum absolute atomic E-state index is 1.02. The van der Waals surface area contributed by atoms with E-state index in [1.165, 1.54) is 16.7 Å². The number of rotatable bonds is 2. The molecule has 0 aliphatic carbocycles. The highest BCUT2D eigenvalue weighted by Gasteiger charge is 2.08. The Bertz CT molecular complexity index is 788. The van der Waals surface area contributed by atoms with Crippen LogP contribution in [0.1, 0.15) is 23.7 Å². The zero-order valence-electron chi connectivity index (χ0n) is 11.7. The predicted molar refractivity (Wildman–Crippen MR) is 83.5 cm³/mol. The van der Waals surface area contributed by atoms with Crippen LogP contribution in [0.2, 0.25) is 0 Å². The van der Waals surface area contributed by atoms with Crippen LogP contribution in [0.5, 0.6) is 0 Å². The monoisotopic (exact) mass is 260 g/mol. The van der Waals surface area contributed by atoms with Crippen LogP contribution in [-0.2, 0) is 0 Å². The molecule has 0 aliphatic rings. The third kappa shape index (κ3) is 2.21. The zero-order valence-corrected chi connectivity index (χ0v) is 11.7. The average molecular weight is 260 g/mol. The Morgan fingerprint density at radius 1 is 1.00 bits per heavy atom. The Labute approximate surface area is 118 Å². The normalized spacial score (nSPS) is 11.8. The first-order chi connectivity index (χ1) is 9.79. The summed E-state index contributed by atoms with van der Waals surface area (Å²) in [5, 5.41) is 1.16. The van der Waals surface area contributed by atoms with Gasteiger partial charge in [-0.2, -0.15) is 0 Å². The van der Waals surface area contributed by atoms with Crippen molar-refractivity contribution >= 4 is 16.5 Å². The fourth-order valence-electron chi connectivity index (χ4n) is 2.49. The standard InChI is InChI=1S/C18H16N2/c1-3-16(17-7-5-10-19-13(17)2)14-8-9-18-15(12-14)6-4-11-20-18/h3-12H,1-2H3/b16-3-. The lowest BCUT2D eigenvalue weighted by Gasteiger charge is -2.11. The zero-order chi connectivity index (χ0) is 13.9. The van der Waals surface area contributed by atoms with Crippen molar-refractivity contribution in [2.75, 3.05) is 0 Å². The number of nitrogens with zero attached hydrogens (tertiary/aromatic N) is 2. The maximum atomic E-state index is 4.38. The van der Waals surface area contributed by atoms with Crippen molar-refractivity contribution in [2.24, 2.45) is 0 Å². The van der Waals surface area contributed by atoms with E-state index in [4.69, 9.17) is 0 Å². The van der Waals surface area contributed by atoms with Gasteiger partial charge in [-0.1, -0.05) is 24.3 Å². The Morgan fingerprint density at radius 3 is 2.60 bits per heavy atom. The molecule has 0 atom stereocenters. The van der Waals surface area contributed by atoms with Crippen molar-refractivity contribution in [1.82, 2.24) is 9.97 Å². The molecular weight excluding hydrogens is 244 g/mol. The van der Waals surface area contributed by atoms with Crippen LogP contribution in [0.15, 0.2) is 60.9 Å². The van der Waals surface area contributed by atoms with Gasteiger partial charge in [-0.05, 0) is 49.2 Å². The lowest BCUT2D eigenvalue weighted by Crippen LogP contribution is -1.93. The molecule has 98 valence electrons. The minimum atomic E-state index is 1.02. The third-order valence-electron chi connectivity index (χ3n) is 3.50. The first-order valence-electron chi connectivity index (χ1n) is 6.73. The van der Waals surface area contributed by atoms with Gasteiger partial charge in [0.2, 0.25) is 0 Å². The van der Waals surface area contributed by atoms with E-state index in [0.717, 1.165) is 16.6 Å². The van der Waals surface area contributed by atoms with E-state index in [1.54, 1.807) is 0 Å². The molecular formula is C18H16N2. The molecule has 0 fully saturated rings. The summed E-state index contributed by atoms with van der Waals surface area (Å²) < 4.78 is 0. The molecule has 2 nitrogen and oxygen atoms in total. The Kier molecular flexibility index (Phi) is 3.30. The van der Waals surface area contributed by atoms with Gasteiger partial charge in [0.25, 0.3) is 0 Å². The topological polar surface area (TPSA) is 25.8 Å². The van der Waals surface area contributed by atoms with Gasteiger partial charge in [-0.25, -0.2) is 0 Å². The number of aryl methyl sites for hydroxylation is 1. The maximum Gasteiger partial charge on any atom is 0.0702 e. The van der Waals surface area contributed by atoms with Gasteiger partial charge in [0.15, 0.2) is 0 Å². The number of hydrogen-bond acceptors (Lipinski definition) is 2. The van der Waals surface area contributed by atoms with Crippen molar-refractivity contribution in [2.45, 2.75) is 13.8 Å². The average Bonchev–Trinajstić information content (AvgIpc) is 2.50. The highest BCUT2D eigenvalue weighted by atomic mass is 14.7. The summed E-state index contributed by atoms with van der Waals surface area (Å²) in [7, 11) is 0. The number of fused-ring (bicyclic) bond motifs is 1. The SMILES string of the molecule is C/C=C(/c1ccc2ncccc2c1)c1cccnc1C. The fourth-order valence-corrected chi connectivity index (χ4v) is 2.49. The molecule has 3 rings (SSSR count). The quantitative estimate of drug-likeness (QED) is 0.683. The van der Waals surface area contributed by atoms with Crippen LogP contribution in [-0.4, -0.2) is 9.97 Å². The number of hydrogen-bond donors (Lipinski definition) is 0. The van der Waals surface area contributed by atoms with Crippen molar-refractivity contribution < 1.29 is 0 Å². The summed E-state index contributed by atoms with van der Waals surface area (Å²) >= 11 is 0. The molecule has 0 saturated carbocycles. The molecule has 0 aliphatic heterocycles. The second-order valence-corrected chi connectivity index (χ2v) is 4.75. The molecule has 2 aromatic heterocycles. The fraction of sp³-hybridized carbons (Fsp3) is 0.111. The van der Waals surface area contributed by atoms with E-state index in [9.17, 15) is 0 Å². The third-order valence-corrected chi connectivity index (χ3v) is 3.50. The molecule has 2 heterocycles. The predicted octanol–water partition coefficient (Wildman–Crippen LogP) is 4.39. The molecule has 20 heavy (non-hydrogen) atoms. The second-order valence-electron chi connectivity index (χ2n) is 4.75. The molecule has 0 N–H and O–H groups in total. The van der Waals surface area contributed by atoms with Crippen LogP contribution in [0, 0.1) is 6.92 Å². The van der Waals surface area contributed by atoms with Crippen LogP contribution in [0.25, 0.3) is 16.5 Å². The summed E-state index contributed by atoms with van der Waals surface area (Å²) in [4.78, 5) is 8.75. The van der Waals surface area contributed by atoms with Gasteiger partial charge in [0.05, 0.1) is 5.52 Å². The smallest absolute Gasteiger partial charge is 0.0702 e. The van der Waals surface area contributed by atoms with Crippen LogP contribution in [0.4, 0.5) is 0 Å². The Balaban J connectivity index is 2.15. The summed E-state index contributed by atoms with van der Waals surface area (Å²) in [6, 6.07) is 14.5. The van der Waals surface area contributed by atoms with Gasteiger partial charge in [-0.15, -0.1) is 0 Å². The van der Waals surface area contributed by atoms with E-state index in [2.05, 4.69) is 53.3 Å². The molecule has 1 aromatic carbocycles. The summed E-state index contributed by atoms with van der Waals surface area (Å²) in [6.45, 7) is 4.11. The van der Waals surface area contributed by atoms with Crippen molar-refractivity contribution in [3.05, 3.63) is 77.8 Å².